The summed E-state index contributed by atoms with van der Waals surface area (Å²) in [5, 5.41) is 0. The first-order valence-electron chi connectivity index (χ1n) is 7.76. The van der Waals surface area contributed by atoms with Crippen LogP contribution < -0.4 is 0 Å². The lowest BCUT2D eigenvalue weighted by molar-refractivity contribution is 0.0341. The zero-order chi connectivity index (χ0) is 15.6. The van der Waals surface area contributed by atoms with E-state index in [1.807, 2.05) is 13.0 Å². The van der Waals surface area contributed by atoms with Gasteiger partial charge in [-0.05, 0) is 42.0 Å². The van der Waals surface area contributed by atoms with E-state index in [4.69, 9.17) is 4.74 Å². The Morgan fingerprint density at radius 1 is 1.05 bits per heavy atom. The van der Waals surface area contributed by atoms with Crippen molar-refractivity contribution < 1.29 is 4.74 Å². The van der Waals surface area contributed by atoms with Gasteiger partial charge in [0.25, 0.3) is 0 Å². The van der Waals surface area contributed by atoms with Crippen molar-refractivity contribution in [3.05, 3.63) is 95.6 Å². The van der Waals surface area contributed by atoms with Gasteiger partial charge in [-0.3, -0.25) is 0 Å². The van der Waals surface area contributed by atoms with E-state index in [1.165, 1.54) is 22.3 Å². The monoisotopic (exact) mass is 290 g/mol. The third kappa shape index (κ3) is 2.42. The van der Waals surface area contributed by atoms with Gasteiger partial charge in [-0.25, -0.2) is 0 Å². The largest absolute Gasteiger partial charge is 0.357 e. The van der Waals surface area contributed by atoms with Crippen LogP contribution in [0.25, 0.3) is 0 Å². The van der Waals surface area contributed by atoms with Crippen LogP contribution in [-0.4, -0.2) is 6.61 Å². The lowest BCUT2D eigenvalue weighted by Gasteiger charge is -2.33. The molecular weight excluding hydrogens is 268 g/mol. The van der Waals surface area contributed by atoms with Crippen molar-refractivity contribution in [3.8, 4) is 0 Å². The lowest BCUT2D eigenvalue weighted by atomic mass is 9.83. The molecule has 0 bridgehead atoms. The molecule has 2 aromatic rings. The molecule has 0 atom stereocenters. The fraction of sp³-hybridized carbons (Fsp3) is 0.238. The Hall–Kier alpha value is -2.12. The van der Waals surface area contributed by atoms with Crippen LogP contribution in [0.1, 0.15) is 29.2 Å². The second-order valence-corrected chi connectivity index (χ2v) is 6.00. The van der Waals surface area contributed by atoms with Crippen LogP contribution in [-0.2, 0) is 23.2 Å². The Morgan fingerprint density at radius 3 is 2.00 bits per heavy atom. The van der Waals surface area contributed by atoms with E-state index in [9.17, 15) is 0 Å². The van der Waals surface area contributed by atoms with Crippen molar-refractivity contribution >= 4 is 0 Å². The zero-order valence-electron chi connectivity index (χ0n) is 13.1. The molecule has 0 saturated carbocycles. The van der Waals surface area contributed by atoms with E-state index in [-0.39, 0.29) is 0 Å². The Bertz CT molecular complexity index is 664. The Morgan fingerprint density at radius 2 is 1.55 bits per heavy atom. The van der Waals surface area contributed by atoms with Gasteiger partial charge in [0.05, 0.1) is 6.61 Å². The average Bonchev–Trinajstić information content (AvgIpc) is 2.68. The van der Waals surface area contributed by atoms with Crippen LogP contribution in [0, 0.1) is 0 Å². The third-order valence-electron chi connectivity index (χ3n) is 4.33. The molecule has 0 fully saturated rings. The number of rotatable bonds is 4. The maximum absolute atomic E-state index is 6.40. The topological polar surface area (TPSA) is 9.23 Å². The molecule has 0 N–H and O–H groups in total. The quantitative estimate of drug-likeness (QED) is 0.734. The minimum Gasteiger partial charge on any atom is -0.357 e. The standard InChI is InChI=1S/C21H22O/c1-4-21(22-15-16(2)3)19-11-7-5-9-17(19)13-14-18-10-6-8-12-20(18)21/h4-12H,1-2,13-15H2,3H3. The molecule has 0 heterocycles. The normalized spacial score (nSPS) is 15.3. The highest BCUT2D eigenvalue weighted by atomic mass is 16.5. The molecule has 3 rings (SSSR count). The van der Waals surface area contributed by atoms with Crippen LogP contribution in [0.3, 0.4) is 0 Å². The van der Waals surface area contributed by atoms with Crippen molar-refractivity contribution in [2.75, 3.05) is 6.61 Å². The number of aryl methyl sites for hydroxylation is 2. The highest BCUT2D eigenvalue weighted by Gasteiger charge is 2.37. The molecular formula is C21H22O. The molecule has 1 heteroatoms. The van der Waals surface area contributed by atoms with E-state index in [2.05, 4.69) is 61.7 Å². The Kier molecular flexibility index (Phi) is 4.00. The number of ether oxygens (including phenoxy) is 1. The summed E-state index contributed by atoms with van der Waals surface area (Å²) in [4.78, 5) is 0. The molecule has 1 nitrogen and oxygen atoms in total. The second kappa shape index (κ2) is 5.94. The summed E-state index contributed by atoms with van der Waals surface area (Å²) in [6.45, 7) is 10.6. The molecule has 0 aromatic heterocycles. The van der Waals surface area contributed by atoms with Crippen molar-refractivity contribution in [1.29, 1.82) is 0 Å². The Balaban J connectivity index is 2.24. The van der Waals surface area contributed by atoms with E-state index in [0.29, 0.717) is 6.61 Å². The summed E-state index contributed by atoms with van der Waals surface area (Å²) in [6, 6.07) is 17.1. The summed E-state index contributed by atoms with van der Waals surface area (Å²) in [7, 11) is 0. The summed E-state index contributed by atoms with van der Waals surface area (Å²) in [5.74, 6) is 0. The van der Waals surface area contributed by atoms with Crippen LogP contribution in [0.15, 0.2) is 73.3 Å². The minimum atomic E-state index is -0.595. The van der Waals surface area contributed by atoms with Crippen LogP contribution in [0.5, 0.6) is 0 Å². The molecule has 112 valence electrons. The van der Waals surface area contributed by atoms with Gasteiger partial charge in [0.15, 0.2) is 0 Å². The smallest absolute Gasteiger partial charge is 0.137 e. The fourth-order valence-corrected chi connectivity index (χ4v) is 3.29. The van der Waals surface area contributed by atoms with Gasteiger partial charge in [0.2, 0.25) is 0 Å². The van der Waals surface area contributed by atoms with Gasteiger partial charge in [0.1, 0.15) is 5.60 Å². The van der Waals surface area contributed by atoms with E-state index in [0.717, 1.165) is 18.4 Å². The molecule has 1 aliphatic carbocycles. The van der Waals surface area contributed by atoms with Gasteiger partial charge in [-0.2, -0.15) is 0 Å². The predicted molar refractivity (Wildman–Crippen MR) is 92.0 cm³/mol. The third-order valence-corrected chi connectivity index (χ3v) is 4.33. The van der Waals surface area contributed by atoms with Gasteiger partial charge in [-0.1, -0.05) is 73.3 Å². The SMILES string of the molecule is C=CC1(OCC(=C)C)c2ccccc2CCc2ccccc21. The van der Waals surface area contributed by atoms with Crippen molar-refractivity contribution in [2.24, 2.45) is 0 Å². The highest BCUT2D eigenvalue weighted by molar-refractivity contribution is 5.50. The Labute approximate surface area is 133 Å². The van der Waals surface area contributed by atoms with Gasteiger partial charge in [-0.15, -0.1) is 0 Å². The number of benzene rings is 2. The van der Waals surface area contributed by atoms with Crippen LogP contribution >= 0.6 is 0 Å². The molecule has 2 aromatic carbocycles. The molecule has 0 saturated heterocycles. The summed E-state index contributed by atoms with van der Waals surface area (Å²) >= 11 is 0. The predicted octanol–water partition coefficient (Wildman–Crippen LogP) is 4.81. The molecule has 0 spiro atoms. The van der Waals surface area contributed by atoms with E-state index < -0.39 is 5.60 Å². The van der Waals surface area contributed by atoms with E-state index in [1.54, 1.807) is 0 Å². The molecule has 0 aliphatic heterocycles. The number of hydrogen-bond donors (Lipinski definition) is 0. The molecule has 22 heavy (non-hydrogen) atoms. The lowest BCUT2D eigenvalue weighted by Crippen LogP contribution is -2.30. The van der Waals surface area contributed by atoms with Crippen LogP contribution in [0.4, 0.5) is 0 Å². The first-order valence-corrected chi connectivity index (χ1v) is 7.76. The first kappa shape index (κ1) is 14.8. The van der Waals surface area contributed by atoms with E-state index >= 15 is 0 Å². The van der Waals surface area contributed by atoms with Gasteiger partial charge in [0, 0.05) is 0 Å². The van der Waals surface area contributed by atoms with Crippen LogP contribution in [0.2, 0.25) is 0 Å². The number of fused-ring (bicyclic) bond motifs is 2. The molecule has 1 aliphatic rings. The van der Waals surface area contributed by atoms with Gasteiger partial charge < -0.3 is 4.74 Å². The second-order valence-electron chi connectivity index (χ2n) is 6.00. The van der Waals surface area contributed by atoms with Crippen molar-refractivity contribution in [1.82, 2.24) is 0 Å². The molecule has 0 radical (unpaired) electrons. The summed E-state index contributed by atoms with van der Waals surface area (Å²) in [6.07, 6.45) is 4.00. The number of hydrogen-bond acceptors (Lipinski definition) is 1. The fourth-order valence-electron chi connectivity index (χ4n) is 3.29. The minimum absolute atomic E-state index is 0.523. The molecule has 0 unspecified atom stereocenters. The average molecular weight is 290 g/mol. The summed E-state index contributed by atoms with van der Waals surface area (Å²) in [5.41, 5.74) is 5.50. The highest BCUT2D eigenvalue weighted by Crippen LogP contribution is 2.41. The van der Waals surface area contributed by atoms with Gasteiger partial charge >= 0.3 is 0 Å². The first-order chi connectivity index (χ1) is 10.7. The zero-order valence-corrected chi connectivity index (χ0v) is 13.1. The molecule has 0 amide bonds. The van der Waals surface area contributed by atoms with Crippen molar-refractivity contribution in [3.63, 3.8) is 0 Å². The maximum Gasteiger partial charge on any atom is 0.137 e. The maximum atomic E-state index is 6.40. The van der Waals surface area contributed by atoms with Crippen molar-refractivity contribution in [2.45, 2.75) is 25.4 Å². The summed E-state index contributed by atoms with van der Waals surface area (Å²) < 4.78 is 6.40.